The number of hydrogen-bond acceptors (Lipinski definition) is 3. The first-order valence-corrected chi connectivity index (χ1v) is 9.34. The Morgan fingerprint density at radius 1 is 1.39 bits per heavy atom. The maximum atomic E-state index is 12.5. The van der Waals surface area contributed by atoms with Crippen molar-refractivity contribution in [1.29, 1.82) is 0 Å². The molecule has 2 N–H and O–H groups in total. The van der Waals surface area contributed by atoms with E-state index in [0.717, 1.165) is 32.4 Å². The number of hydrogen-bond donors (Lipinski definition) is 1. The van der Waals surface area contributed by atoms with Crippen LogP contribution in [-0.4, -0.2) is 29.9 Å². The van der Waals surface area contributed by atoms with Crippen LogP contribution < -0.4 is 5.73 Å². The summed E-state index contributed by atoms with van der Waals surface area (Å²) in [5, 5.41) is 3.58. The summed E-state index contributed by atoms with van der Waals surface area (Å²) < 4.78 is 1.33. The third-order valence-electron chi connectivity index (χ3n) is 5.06. The van der Waals surface area contributed by atoms with E-state index in [1.54, 1.807) is 11.3 Å². The number of nitrogens with two attached hydrogens (primary N) is 1. The predicted molar refractivity (Wildman–Crippen MR) is 97.7 cm³/mol. The summed E-state index contributed by atoms with van der Waals surface area (Å²) in [6.45, 7) is 5.92. The van der Waals surface area contributed by atoms with E-state index in [1.807, 2.05) is 4.90 Å². The Morgan fingerprint density at radius 3 is 2.96 bits per heavy atom. The third kappa shape index (κ3) is 3.59. The Balaban J connectivity index is 1.53. The maximum Gasteiger partial charge on any atom is 0.222 e. The zero-order chi connectivity index (χ0) is 16.4. The zero-order valence-corrected chi connectivity index (χ0v) is 14.9. The molecule has 1 amide bonds. The Hall–Kier alpha value is -1.39. The van der Waals surface area contributed by atoms with Crippen LogP contribution in [0.1, 0.15) is 38.7 Å². The third-order valence-corrected chi connectivity index (χ3v) is 6.08. The second-order valence-electron chi connectivity index (χ2n) is 7.31. The molecule has 3 nitrogen and oxygen atoms in total. The number of piperidine rings is 1. The first-order valence-electron chi connectivity index (χ1n) is 8.46. The molecule has 2 aromatic rings. The van der Waals surface area contributed by atoms with E-state index < -0.39 is 0 Å². The average molecular weight is 330 g/mol. The van der Waals surface area contributed by atoms with Gasteiger partial charge in [-0.2, -0.15) is 0 Å². The van der Waals surface area contributed by atoms with E-state index in [4.69, 9.17) is 5.73 Å². The fourth-order valence-electron chi connectivity index (χ4n) is 3.40. The second kappa shape index (κ2) is 6.62. The van der Waals surface area contributed by atoms with Crippen LogP contribution in [0.5, 0.6) is 0 Å². The van der Waals surface area contributed by atoms with Crippen LogP contribution in [0.4, 0.5) is 0 Å². The lowest BCUT2D eigenvalue weighted by molar-refractivity contribution is -0.134. The van der Waals surface area contributed by atoms with E-state index in [9.17, 15) is 4.79 Å². The van der Waals surface area contributed by atoms with Gasteiger partial charge in [0.1, 0.15) is 0 Å². The van der Waals surface area contributed by atoms with Gasteiger partial charge in [-0.1, -0.05) is 32.0 Å². The van der Waals surface area contributed by atoms with Crippen LogP contribution in [-0.2, 0) is 11.2 Å². The number of carbonyl (C=O) groups is 1. The highest BCUT2D eigenvalue weighted by Gasteiger charge is 2.34. The van der Waals surface area contributed by atoms with Gasteiger partial charge in [-0.25, -0.2) is 0 Å². The summed E-state index contributed by atoms with van der Waals surface area (Å²) in [5.41, 5.74) is 7.55. The van der Waals surface area contributed by atoms with E-state index in [-0.39, 0.29) is 17.4 Å². The number of carbonyl (C=O) groups excluding carboxylic acids is 1. The van der Waals surface area contributed by atoms with Crippen molar-refractivity contribution in [3.63, 3.8) is 0 Å². The molecule has 1 aliphatic rings. The number of fused-ring (bicyclic) bond motifs is 1. The lowest BCUT2D eigenvalue weighted by atomic mass is 9.79. The Labute approximate surface area is 142 Å². The first kappa shape index (κ1) is 16.5. The van der Waals surface area contributed by atoms with Crippen molar-refractivity contribution in [2.75, 3.05) is 13.1 Å². The van der Waals surface area contributed by atoms with Gasteiger partial charge in [0.05, 0.1) is 0 Å². The van der Waals surface area contributed by atoms with Crippen molar-refractivity contribution >= 4 is 27.3 Å². The minimum atomic E-state index is 0.0253. The number of rotatable bonds is 4. The number of thiophene rings is 1. The lowest BCUT2D eigenvalue weighted by Gasteiger charge is -2.42. The minimum Gasteiger partial charge on any atom is -0.342 e. The molecule has 1 aromatic carbocycles. The smallest absolute Gasteiger partial charge is 0.222 e. The van der Waals surface area contributed by atoms with Crippen LogP contribution in [0.25, 0.3) is 10.1 Å². The number of aryl methyl sites for hydroxylation is 1. The highest BCUT2D eigenvalue weighted by molar-refractivity contribution is 7.17. The molecule has 2 heterocycles. The number of benzene rings is 1. The molecule has 3 rings (SSSR count). The maximum absolute atomic E-state index is 12.5. The molecule has 124 valence electrons. The van der Waals surface area contributed by atoms with Crippen molar-refractivity contribution in [2.24, 2.45) is 11.1 Å². The predicted octanol–water partition coefficient (Wildman–Crippen LogP) is 3.81. The molecule has 1 aliphatic heterocycles. The monoisotopic (exact) mass is 330 g/mol. The standard InChI is InChI=1S/C19H26N2OS/c1-19(2)13-21(11-10-17(19)20)18(22)9-5-6-14-12-23-16-8-4-3-7-15(14)16/h3-4,7-8,12,17H,5-6,9-11,13,20H2,1-2H3. The zero-order valence-electron chi connectivity index (χ0n) is 14.0. The average Bonchev–Trinajstić information content (AvgIpc) is 2.93. The molecule has 1 saturated heterocycles. The second-order valence-corrected chi connectivity index (χ2v) is 8.22. The summed E-state index contributed by atoms with van der Waals surface area (Å²) in [6, 6.07) is 8.70. The SMILES string of the molecule is CC1(C)CN(C(=O)CCCc2csc3ccccc23)CCC1N. The molecule has 1 fully saturated rings. The van der Waals surface area contributed by atoms with E-state index in [1.165, 1.54) is 15.6 Å². The summed E-state index contributed by atoms with van der Waals surface area (Å²) in [7, 11) is 0. The van der Waals surface area contributed by atoms with Gasteiger partial charge in [0, 0.05) is 30.3 Å². The first-order chi connectivity index (χ1) is 11.0. The van der Waals surface area contributed by atoms with Crippen molar-refractivity contribution < 1.29 is 4.79 Å². The molecule has 23 heavy (non-hydrogen) atoms. The topological polar surface area (TPSA) is 46.3 Å². The lowest BCUT2D eigenvalue weighted by Crippen LogP contribution is -2.53. The van der Waals surface area contributed by atoms with Gasteiger partial charge >= 0.3 is 0 Å². The van der Waals surface area contributed by atoms with Crippen molar-refractivity contribution in [3.8, 4) is 0 Å². The van der Waals surface area contributed by atoms with Crippen molar-refractivity contribution in [1.82, 2.24) is 4.90 Å². The molecule has 0 saturated carbocycles. The van der Waals surface area contributed by atoms with Gasteiger partial charge in [-0.15, -0.1) is 11.3 Å². The van der Waals surface area contributed by atoms with Crippen molar-refractivity contribution in [2.45, 2.75) is 45.6 Å². The Morgan fingerprint density at radius 2 is 2.17 bits per heavy atom. The summed E-state index contributed by atoms with van der Waals surface area (Å²) in [6.07, 6.45) is 3.44. The Kier molecular flexibility index (Phi) is 4.74. The number of amides is 1. The van der Waals surface area contributed by atoms with Gasteiger partial charge in [-0.05, 0) is 47.1 Å². The molecule has 1 unspecified atom stereocenters. The van der Waals surface area contributed by atoms with E-state index in [0.29, 0.717) is 6.42 Å². The van der Waals surface area contributed by atoms with Crippen LogP contribution in [0.15, 0.2) is 29.6 Å². The van der Waals surface area contributed by atoms with Gasteiger partial charge in [-0.3, -0.25) is 4.79 Å². The molecule has 0 radical (unpaired) electrons. The highest BCUT2D eigenvalue weighted by atomic mass is 32.1. The molecule has 1 atom stereocenters. The minimum absolute atomic E-state index is 0.0253. The van der Waals surface area contributed by atoms with Crippen LogP contribution >= 0.6 is 11.3 Å². The molecule has 1 aromatic heterocycles. The van der Waals surface area contributed by atoms with Crippen LogP contribution in [0, 0.1) is 5.41 Å². The fourth-order valence-corrected chi connectivity index (χ4v) is 4.40. The van der Waals surface area contributed by atoms with E-state index in [2.05, 4.69) is 43.5 Å². The van der Waals surface area contributed by atoms with E-state index >= 15 is 0 Å². The number of nitrogens with zero attached hydrogens (tertiary/aromatic N) is 1. The molecular weight excluding hydrogens is 304 g/mol. The molecular formula is C19H26N2OS. The summed E-state index contributed by atoms with van der Waals surface area (Å²) >= 11 is 1.79. The van der Waals surface area contributed by atoms with Crippen LogP contribution in [0.2, 0.25) is 0 Å². The highest BCUT2D eigenvalue weighted by Crippen LogP contribution is 2.29. The summed E-state index contributed by atoms with van der Waals surface area (Å²) in [4.78, 5) is 14.5. The molecule has 0 spiro atoms. The fraction of sp³-hybridized carbons (Fsp3) is 0.526. The summed E-state index contributed by atoms with van der Waals surface area (Å²) in [5.74, 6) is 0.282. The number of likely N-dealkylation sites (tertiary alicyclic amines) is 1. The molecule has 4 heteroatoms. The van der Waals surface area contributed by atoms with Crippen LogP contribution in [0.3, 0.4) is 0 Å². The molecule has 0 aliphatic carbocycles. The largest absolute Gasteiger partial charge is 0.342 e. The van der Waals surface area contributed by atoms with Gasteiger partial charge < -0.3 is 10.6 Å². The quantitative estimate of drug-likeness (QED) is 0.926. The van der Waals surface area contributed by atoms with Gasteiger partial charge in [0.2, 0.25) is 5.91 Å². The normalized spacial score (nSPS) is 20.8. The van der Waals surface area contributed by atoms with Gasteiger partial charge in [0.15, 0.2) is 0 Å². The Bertz CT molecular complexity index is 691. The van der Waals surface area contributed by atoms with Gasteiger partial charge in [0.25, 0.3) is 0 Å². The van der Waals surface area contributed by atoms with Crippen molar-refractivity contribution in [3.05, 3.63) is 35.2 Å². The molecule has 0 bridgehead atoms.